The summed E-state index contributed by atoms with van der Waals surface area (Å²) in [6.45, 7) is 7.46. The van der Waals surface area contributed by atoms with Crippen molar-refractivity contribution in [2.45, 2.75) is 109 Å². The highest BCUT2D eigenvalue weighted by molar-refractivity contribution is 5.98. The molecule has 0 unspecified atom stereocenters. The molecule has 290 valence electrons. The van der Waals surface area contributed by atoms with Crippen LogP contribution in [0.1, 0.15) is 91.3 Å². The fourth-order valence-corrected chi connectivity index (χ4v) is 10.9. The van der Waals surface area contributed by atoms with Crippen LogP contribution in [-0.4, -0.2) is 97.6 Å². The minimum Gasteiger partial charge on any atom is -0.508 e. The molecule has 4 atom stereocenters. The van der Waals surface area contributed by atoms with Crippen LogP contribution < -0.4 is 14.5 Å². The smallest absolute Gasteiger partial charge is 0.318 e. The predicted molar refractivity (Wildman–Crippen MR) is 205 cm³/mol. The molecule has 13 heteroatoms. The average Bonchev–Trinajstić information content (AvgIpc) is 3.89. The van der Waals surface area contributed by atoms with Crippen molar-refractivity contribution in [3.63, 3.8) is 0 Å². The molecule has 2 aromatic carbocycles. The molecule has 4 fully saturated rings. The number of anilines is 2. The Morgan fingerprint density at radius 3 is 2.80 bits per heavy atom. The summed E-state index contributed by atoms with van der Waals surface area (Å²) in [7, 11) is 0. The number of halogens is 2. The molecular formula is C42H50F2N8O3. The molecule has 1 N–H and O–H groups in total. The first-order valence-electron chi connectivity index (χ1n) is 20.5. The summed E-state index contributed by atoms with van der Waals surface area (Å²) >= 11 is 0. The van der Waals surface area contributed by atoms with E-state index in [1.165, 1.54) is 18.9 Å². The molecule has 6 aliphatic rings. The maximum Gasteiger partial charge on any atom is 0.318 e. The van der Waals surface area contributed by atoms with Crippen molar-refractivity contribution < 1.29 is 23.4 Å². The molecule has 3 saturated heterocycles. The number of benzene rings is 2. The maximum atomic E-state index is 15.2. The number of hydrogen-bond acceptors (Lipinski definition) is 9. The number of nitrogens with zero attached hydrogens (tertiary/aromatic N) is 8. The van der Waals surface area contributed by atoms with Crippen LogP contribution in [0, 0.1) is 11.7 Å². The molecule has 55 heavy (non-hydrogen) atoms. The Morgan fingerprint density at radius 1 is 1.02 bits per heavy atom. The number of hydrogen-bond donors (Lipinski definition) is 1. The molecule has 2 bridgehead atoms. The number of phenolic OH excluding ortho intramolecular Hbond substituents is 1. The van der Waals surface area contributed by atoms with Gasteiger partial charge in [-0.05, 0) is 93.0 Å². The Bertz CT molecular complexity index is 2160. The van der Waals surface area contributed by atoms with Gasteiger partial charge < -0.3 is 24.5 Å². The van der Waals surface area contributed by atoms with E-state index in [-0.39, 0.29) is 29.0 Å². The SMILES string of the molecule is CCc1c(F)ccc2cc(O)cc(N3CCc4c(nc(OC[C@@]56CCCN5C[C@H](F)C6)nc4N4CCCn5nc(C(=O)N6C[C@H]7CCC[C@@H]6C7)cc5C4)C3)c12. The van der Waals surface area contributed by atoms with Crippen LogP contribution in [-0.2, 0) is 32.5 Å². The minimum absolute atomic E-state index is 0.0464. The molecule has 0 spiro atoms. The lowest BCUT2D eigenvalue weighted by atomic mass is 9.90. The van der Waals surface area contributed by atoms with E-state index in [2.05, 4.69) is 19.6 Å². The second-order valence-corrected chi connectivity index (χ2v) is 16.9. The quantitative estimate of drug-likeness (QED) is 0.237. The van der Waals surface area contributed by atoms with Crippen LogP contribution in [0.5, 0.6) is 11.8 Å². The average molecular weight is 753 g/mol. The first kappa shape index (κ1) is 34.9. The standard InChI is InChI=1S/C42H50F2N8O3/c1-2-32-34(44)9-8-27-17-31(53)19-37(38(27)32)48-15-10-33-36(24-48)45-41(55-25-42-11-4-13-50(42)22-28(43)20-42)46-39(33)49-12-5-14-52-30(23-49)18-35(47-52)40(54)51-21-26-6-3-7-29(51)16-26/h8-9,17-19,26,28-29,53H,2-7,10-16,20-25H2,1H3/t26-,28+,29+,42-/m0/s1. The molecule has 1 amide bonds. The van der Waals surface area contributed by atoms with Gasteiger partial charge in [-0.15, -0.1) is 0 Å². The van der Waals surface area contributed by atoms with E-state index < -0.39 is 6.17 Å². The molecule has 0 radical (unpaired) electrons. The van der Waals surface area contributed by atoms with Gasteiger partial charge in [-0.2, -0.15) is 15.1 Å². The van der Waals surface area contributed by atoms with Crippen molar-refractivity contribution in [2.75, 3.05) is 49.1 Å². The van der Waals surface area contributed by atoms with E-state index >= 15 is 4.39 Å². The predicted octanol–water partition coefficient (Wildman–Crippen LogP) is 6.18. The van der Waals surface area contributed by atoms with Gasteiger partial charge in [0.2, 0.25) is 0 Å². The van der Waals surface area contributed by atoms with Crippen molar-refractivity contribution in [2.24, 2.45) is 5.92 Å². The Kier molecular flexibility index (Phi) is 8.64. The topological polar surface area (TPSA) is 103 Å². The van der Waals surface area contributed by atoms with Gasteiger partial charge in [-0.1, -0.05) is 19.4 Å². The summed E-state index contributed by atoms with van der Waals surface area (Å²) in [6.07, 6.45) is 8.07. The van der Waals surface area contributed by atoms with Crippen molar-refractivity contribution in [1.29, 1.82) is 0 Å². The van der Waals surface area contributed by atoms with Gasteiger partial charge in [0.1, 0.15) is 30.2 Å². The summed E-state index contributed by atoms with van der Waals surface area (Å²) in [4.78, 5) is 32.7. The van der Waals surface area contributed by atoms with E-state index in [1.54, 1.807) is 18.2 Å². The number of aromatic nitrogens is 4. The largest absolute Gasteiger partial charge is 0.508 e. The third kappa shape index (κ3) is 6.08. The van der Waals surface area contributed by atoms with E-state index in [0.717, 1.165) is 91.0 Å². The molecule has 2 aromatic heterocycles. The second-order valence-electron chi connectivity index (χ2n) is 16.9. The number of carbonyl (C=O) groups excluding carboxylic acids is 1. The summed E-state index contributed by atoms with van der Waals surface area (Å²) < 4.78 is 38.4. The lowest BCUT2D eigenvalue weighted by Gasteiger charge is -2.35. The lowest BCUT2D eigenvalue weighted by molar-refractivity contribution is 0.0726. The number of phenols is 1. The van der Waals surface area contributed by atoms with E-state index in [9.17, 15) is 14.3 Å². The zero-order chi connectivity index (χ0) is 37.4. The number of amides is 1. The Hall–Kier alpha value is -4.52. The normalized spacial score (nSPS) is 26.3. The minimum atomic E-state index is -0.865. The number of aryl methyl sites for hydroxylation is 2. The van der Waals surface area contributed by atoms with Crippen LogP contribution in [0.15, 0.2) is 30.3 Å². The summed E-state index contributed by atoms with van der Waals surface area (Å²) in [6, 6.07) is 9.21. The van der Waals surface area contributed by atoms with Crippen molar-refractivity contribution in [3.05, 3.63) is 64.4 Å². The van der Waals surface area contributed by atoms with Gasteiger partial charge in [0, 0.05) is 67.9 Å². The van der Waals surface area contributed by atoms with Crippen LogP contribution in [0.3, 0.4) is 0 Å². The van der Waals surface area contributed by atoms with Crippen LogP contribution >= 0.6 is 0 Å². The zero-order valence-corrected chi connectivity index (χ0v) is 31.7. The number of rotatable bonds is 7. The Morgan fingerprint density at radius 2 is 1.93 bits per heavy atom. The monoisotopic (exact) mass is 752 g/mol. The maximum absolute atomic E-state index is 15.2. The van der Waals surface area contributed by atoms with E-state index in [4.69, 9.17) is 19.8 Å². The third-order valence-corrected chi connectivity index (χ3v) is 13.5. The number of alkyl halides is 1. The van der Waals surface area contributed by atoms with Gasteiger partial charge in [0.15, 0.2) is 5.69 Å². The van der Waals surface area contributed by atoms with Gasteiger partial charge in [0.05, 0.1) is 30.0 Å². The molecule has 11 nitrogen and oxygen atoms in total. The number of fused-ring (bicyclic) bond motifs is 6. The Balaban J connectivity index is 0.992. The highest BCUT2D eigenvalue weighted by Gasteiger charge is 2.49. The number of aromatic hydroxyl groups is 1. The fourth-order valence-electron chi connectivity index (χ4n) is 10.9. The summed E-state index contributed by atoms with van der Waals surface area (Å²) in [5, 5.41) is 17.3. The van der Waals surface area contributed by atoms with Crippen molar-refractivity contribution in [1.82, 2.24) is 29.5 Å². The molecule has 5 aliphatic heterocycles. The van der Waals surface area contributed by atoms with E-state index in [0.29, 0.717) is 81.8 Å². The van der Waals surface area contributed by atoms with Gasteiger partial charge in [-0.25, -0.2) is 8.78 Å². The van der Waals surface area contributed by atoms with Crippen molar-refractivity contribution >= 4 is 28.2 Å². The number of likely N-dealkylation sites (tertiary alicyclic amines) is 1. The highest BCUT2D eigenvalue weighted by Crippen LogP contribution is 2.42. The molecular weight excluding hydrogens is 703 g/mol. The zero-order valence-electron chi connectivity index (χ0n) is 31.7. The molecule has 4 aromatic rings. The molecule has 1 aliphatic carbocycles. The molecule has 1 saturated carbocycles. The van der Waals surface area contributed by atoms with Crippen LogP contribution in [0.4, 0.5) is 20.3 Å². The lowest BCUT2D eigenvalue weighted by Crippen LogP contribution is -2.43. The molecule has 10 rings (SSSR count). The van der Waals surface area contributed by atoms with Crippen LogP contribution in [0.2, 0.25) is 0 Å². The van der Waals surface area contributed by atoms with Crippen LogP contribution in [0.25, 0.3) is 10.8 Å². The van der Waals surface area contributed by atoms with E-state index in [1.807, 2.05) is 17.7 Å². The summed E-state index contributed by atoms with van der Waals surface area (Å²) in [5.74, 6) is 1.34. The first-order chi connectivity index (χ1) is 26.7. The molecule has 7 heterocycles. The van der Waals surface area contributed by atoms with Gasteiger partial charge >= 0.3 is 6.01 Å². The third-order valence-electron chi connectivity index (χ3n) is 13.5. The highest BCUT2D eigenvalue weighted by atomic mass is 19.1. The number of ether oxygens (including phenoxy) is 1. The van der Waals surface area contributed by atoms with Gasteiger partial charge in [0.25, 0.3) is 5.91 Å². The Labute approximate surface area is 320 Å². The first-order valence-corrected chi connectivity index (χ1v) is 20.5. The second kappa shape index (κ2) is 13.6. The number of carbonyl (C=O) groups is 1. The summed E-state index contributed by atoms with van der Waals surface area (Å²) in [5.41, 5.74) is 4.42. The fraction of sp³-hybridized carbons (Fsp3) is 0.571. The van der Waals surface area contributed by atoms with Gasteiger partial charge in [-0.3, -0.25) is 14.4 Å². The van der Waals surface area contributed by atoms with Crippen molar-refractivity contribution in [3.8, 4) is 11.8 Å².